The molecule has 0 aliphatic heterocycles. The molecule has 0 saturated heterocycles. The lowest BCUT2D eigenvalue weighted by Crippen LogP contribution is -2.15. The smallest absolute Gasteiger partial charge is 0.333 e. The third-order valence-electron chi connectivity index (χ3n) is 2.43. The highest BCUT2D eigenvalue weighted by atomic mass is 16.6. The van der Waals surface area contributed by atoms with Crippen LogP contribution in [0.1, 0.15) is 27.7 Å². The van der Waals surface area contributed by atoms with Crippen molar-refractivity contribution in [2.24, 2.45) is 0 Å². The van der Waals surface area contributed by atoms with Gasteiger partial charge in [-0.1, -0.05) is 12.2 Å². The molecule has 0 bridgehead atoms. The molecule has 0 amide bonds. The summed E-state index contributed by atoms with van der Waals surface area (Å²) in [5.74, 6) is -0.692. The first kappa shape index (κ1) is 17.4. The standard InChI is InChI=1S/C14H22O5/c1-5-11(3)13(15)18-9-7-17-8-10-19-14(16)12(4)6-2/h5-6H,7-10H2,1-4H3/b11-5+,12-6+. The van der Waals surface area contributed by atoms with Gasteiger partial charge >= 0.3 is 11.9 Å². The summed E-state index contributed by atoms with van der Waals surface area (Å²) in [4.78, 5) is 22.5. The van der Waals surface area contributed by atoms with Crippen molar-refractivity contribution in [1.82, 2.24) is 0 Å². The minimum Gasteiger partial charge on any atom is -0.460 e. The van der Waals surface area contributed by atoms with Gasteiger partial charge in [0.05, 0.1) is 13.2 Å². The normalized spacial score (nSPS) is 12.2. The third-order valence-corrected chi connectivity index (χ3v) is 2.43. The summed E-state index contributed by atoms with van der Waals surface area (Å²) in [5, 5.41) is 0. The van der Waals surface area contributed by atoms with E-state index in [0.29, 0.717) is 11.1 Å². The Bertz CT molecular complexity index is 321. The van der Waals surface area contributed by atoms with E-state index in [4.69, 9.17) is 14.2 Å². The largest absolute Gasteiger partial charge is 0.460 e. The fourth-order valence-corrected chi connectivity index (χ4v) is 0.952. The minimum absolute atomic E-state index is 0.186. The van der Waals surface area contributed by atoms with Gasteiger partial charge in [-0.25, -0.2) is 9.59 Å². The van der Waals surface area contributed by atoms with Crippen LogP contribution in [0.15, 0.2) is 23.3 Å². The maximum Gasteiger partial charge on any atom is 0.333 e. The Labute approximate surface area is 114 Å². The fraction of sp³-hybridized carbons (Fsp3) is 0.571. The first-order valence-corrected chi connectivity index (χ1v) is 6.20. The van der Waals surface area contributed by atoms with Crippen molar-refractivity contribution in [2.75, 3.05) is 26.4 Å². The van der Waals surface area contributed by atoms with Crippen molar-refractivity contribution in [3.63, 3.8) is 0 Å². The van der Waals surface area contributed by atoms with Crippen LogP contribution in [0.4, 0.5) is 0 Å². The topological polar surface area (TPSA) is 61.8 Å². The van der Waals surface area contributed by atoms with E-state index >= 15 is 0 Å². The van der Waals surface area contributed by atoms with E-state index in [-0.39, 0.29) is 38.4 Å². The molecule has 0 aromatic rings. The summed E-state index contributed by atoms with van der Waals surface area (Å²) >= 11 is 0. The lowest BCUT2D eigenvalue weighted by molar-refractivity contribution is -0.142. The highest BCUT2D eigenvalue weighted by molar-refractivity contribution is 5.87. The number of allylic oxidation sites excluding steroid dienone is 2. The van der Waals surface area contributed by atoms with Gasteiger partial charge in [-0.2, -0.15) is 0 Å². The molecule has 5 heteroatoms. The van der Waals surface area contributed by atoms with Gasteiger partial charge in [0.25, 0.3) is 0 Å². The van der Waals surface area contributed by atoms with Gasteiger partial charge in [-0.15, -0.1) is 0 Å². The van der Waals surface area contributed by atoms with Crippen molar-refractivity contribution in [1.29, 1.82) is 0 Å². The number of ether oxygens (including phenoxy) is 3. The van der Waals surface area contributed by atoms with Crippen LogP contribution < -0.4 is 0 Å². The Morgan fingerprint density at radius 2 is 1.16 bits per heavy atom. The van der Waals surface area contributed by atoms with Crippen LogP contribution >= 0.6 is 0 Å². The zero-order valence-corrected chi connectivity index (χ0v) is 12.0. The van der Waals surface area contributed by atoms with Gasteiger partial charge in [0.1, 0.15) is 13.2 Å². The first-order chi connectivity index (χ1) is 9.02. The highest BCUT2D eigenvalue weighted by Gasteiger charge is 2.05. The SMILES string of the molecule is C/C=C(\C)C(=O)OCCOCCOC(=O)/C(C)=C/C. The van der Waals surface area contributed by atoms with Gasteiger partial charge in [0.2, 0.25) is 0 Å². The Kier molecular flexibility index (Phi) is 9.44. The molecular formula is C14H22O5. The summed E-state index contributed by atoms with van der Waals surface area (Å²) in [6.45, 7) is 7.85. The molecule has 108 valence electrons. The van der Waals surface area contributed by atoms with Crippen molar-refractivity contribution < 1.29 is 23.8 Å². The zero-order chi connectivity index (χ0) is 14.7. The molecule has 0 spiro atoms. The molecule has 0 N–H and O–H groups in total. The first-order valence-electron chi connectivity index (χ1n) is 6.20. The Morgan fingerprint density at radius 1 is 0.789 bits per heavy atom. The van der Waals surface area contributed by atoms with Gasteiger partial charge in [0.15, 0.2) is 0 Å². The zero-order valence-electron chi connectivity index (χ0n) is 12.0. The number of esters is 2. The Morgan fingerprint density at radius 3 is 1.47 bits per heavy atom. The second kappa shape index (κ2) is 10.3. The van der Waals surface area contributed by atoms with Crippen LogP contribution in [0.5, 0.6) is 0 Å². The molecule has 0 aliphatic carbocycles. The van der Waals surface area contributed by atoms with Crippen molar-refractivity contribution in [3.05, 3.63) is 23.3 Å². The van der Waals surface area contributed by atoms with E-state index in [2.05, 4.69) is 0 Å². The van der Waals surface area contributed by atoms with Gasteiger partial charge in [-0.05, 0) is 27.7 Å². The van der Waals surface area contributed by atoms with E-state index in [1.165, 1.54) is 0 Å². The van der Waals surface area contributed by atoms with Crippen LogP contribution in [0.3, 0.4) is 0 Å². The highest BCUT2D eigenvalue weighted by Crippen LogP contribution is 1.96. The molecule has 0 aliphatic rings. The molecular weight excluding hydrogens is 248 g/mol. The summed E-state index contributed by atoms with van der Waals surface area (Å²) in [5.41, 5.74) is 1.13. The predicted octanol–water partition coefficient (Wildman–Crippen LogP) is 2.02. The second-order valence-corrected chi connectivity index (χ2v) is 3.83. The monoisotopic (exact) mass is 270 g/mol. The van der Waals surface area contributed by atoms with Crippen molar-refractivity contribution in [3.8, 4) is 0 Å². The molecule has 0 atom stereocenters. The summed E-state index contributed by atoms with van der Waals surface area (Å²) < 4.78 is 15.0. The third kappa shape index (κ3) is 8.15. The molecule has 0 radical (unpaired) electrons. The van der Waals surface area contributed by atoms with E-state index in [9.17, 15) is 9.59 Å². The molecule has 0 saturated carbocycles. The predicted molar refractivity (Wildman–Crippen MR) is 71.6 cm³/mol. The maximum atomic E-state index is 11.2. The molecule has 5 nitrogen and oxygen atoms in total. The number of carbonyl (C=O) groups excluding carboxylic acids is 2. The molecule has 0 fully saturated rings. The van der Waals surface area contributed by atoms with Crippen LogP contribution in [0.2, 0.25) is 0 Å². The number of rotatable bonds is 8. The van der Waals surface area contributed by atoms with E-state index in [0.717, 1.165) is 0 Å². The van der Waals surface area contributed by atoms with E-state index < -0.39 is 0 Å². The fourth-order valence-electron chi connectivity index (χ4n) is 0.952. The average Bonchev–Trinajstić information content (AvgIpc) is 2.43. The maximum absolute atomic E-state index is 11.2. The van der Waals surface area contributed by atoms with Gasteiger partial charge in [0, 0.05) is 11.1 Å². The van der Waals surface area contributed by atoms with E-state index in [1.807, 2.05) is 0 Å². The lowest BCUT2D eigenvalue weighted by atomic mass is 10.3. The second-order valence-electron chi connectivity index (χ2n) is 3.83. The van der Waals surface area contributed by atoms with Crippen LogP contribution in [-0.2, 0) is 23.8 Å². The minimum atomic E-state index is -0.346. The van der Waals surface area contributed by atoms with Crippen molar-refractivity contribution in [2.45, 2.75) is 27.7 Å². The average molecular weight is 270 g/mol. The lowest BCUT2D eigenvalue weighted by Gasteiger charge is -2.07. The number of hydrogen-bond acceptors (Lipinski definition) is 5. The number of hydrogen-bond donors (Lipinski definition) is 0. The van der Waals surface area contributed by atoms with Gasteiger partial charge in [-0.3, -0.25) is 0 Å². The molecule has 0 aromatic heterocycles. The Hall–Kier alpha value is -1.62. The Balaban J connectivity index is 3.52. The summed E-state index contributed by atoms with van der Waals surface area (Å²) in [7, 11) is 0. The molecule has 0 heterocycles. The van der Waals surface area contributed by atoms with Gasteiger partial charge < -0.3 is 14.2 Å². The quantitative estimate of drug-likeness (QED) is 0.383. The van der Waals surface area contributed by atoms with Crippen LogP contribution in [-0.4, -0.2) is 38.4 Å². The molecule has 0 unspecified atom stereocenters. The molecule has 19 heavy (non-hydrogen) atoms. The molecule has 0 rings (SSSR count). The summed E-state index contributed by atoms with van der Waals surface area (Å²) in [6.07, 6.45) is 3.37. The molecule has 0 aromatic carbocycles. The van der Waals surface area contributed by atoms with Crippen molar-refractivity contribution >= 4 is 11.9 Å². The van der Waals surface area contributed by atoms with E-state index in [1.54, 1.807) is 39.8 Å². The van der Waals surface area contributed by atoms with Crippen LogP contribution in [0.25, 0.3) is 0 Å². The summed E-state index contributed by atoms with van der Waals surface area (Å²) in [6, 6.07) is 0. The van der Waals surface area contributed by atoms with Crippen LogP contribution in [0, 0.1) is 0 Å². The number of carbonyl (C=O) groups is 2.